The molecule has 174 valence electrons. The first-order chi connectivity index (χ1) is 13.7. The van der Waals surface area contributed by atoms with Crippen molar-refractivity contribution in [1.29, 1.82) is 0 Å². The van der Waals surface area contributed by atoms with Crippen molar-refractivity contribution in [2.75, 3.05) is 32.6 Å². The van der Waals surface area contributed by atoms with E-state index in [0.29, 0.717) is 31.5 Å². The van der Waals surface area contributed by atoms with Gasteiger partial charge in [0.25, 0.3) is 0 Å². The molecular weight excluding hydrogens is 513 g/mol. The van der Waals surface area contributed by atoms with Gasteiger partial charge in [-0.1, -0.05) is 19.9 Å². The fourth-order valence-corrected chi connectivity index (χ4v) is 3.40. The molecule has 30 heavy (non-hydrogen) atoms. The van der Waals surface area contributed by atoms with Crippen LogP contribution in [0.3, 0.4) is 0 Å². The molecule has 2 atom stereocenters. The molecule has 0 radical (unpaired) electrons. The van der Waals surface area contributed by atoms with E-state index in [1.807, 2.05) is 39.0 Å². The van der Waals surface area contributed by atoms with Gasteiger partial charge in [-0.15, -0.1) is 24.0 Å². The lowest BCUT2D eigenvalue weighted by atomic mass is 10.1. The third-order valence-electron chi connectivity index (χ3n) is 4.23. The van der Waals surface area contributed by atoms with E-state index in [2.05, 4.69) is 36.4 Å². The van der Waals surface area contributed by atoms with Gasteiger partial charge in [-0.25, -0.2) is 0 Å². The van der Waals surface area contributed by atoms with Crippen molar-refractivity contribution in [3.05, 3.63) is 23.8 Å². The number of ether oxygens (including phenoxy) is 2. The average Bonchev–Trinajstić information content (AvgIpc) is 2.69. The predicted molar refractivity (Wildman–Crippen MR) is 139 cm³/mol. The Morgan fingerprint density at radius 3 is 2.27 bits per heavy atom. The van der Waals surface area contributed by atoms with Crippen molar-refractivity contribution in [3.8, 4) is 11.5 Å². The lowest BCUT2D eigenvalue weighted by Gasteiger charge is -2.21. The third-order valence-corrected chi connectivity index (χ3v) is 6.17. The van der Waals surface area contributed by atoms with Crippen LogP contribution in [-0.2, 0) is 10.8 Å². The summed E-state index contributed by atoms with van der Waals surface area (Å²) in [6.07, 6.45) is 1.90. The van der Waals surface area contributed by atoms with Crippen LogP contribution in [0.15, 0.2) is 23.2 Å². The number of halogens is 1. The molecule has 0 aliphatic rings. The van der Waals surface area contributed by atoms with Crippen molar-refractivity contribution in [2.24, 2.45) is 4.99 Å². The maximum absolute atomic E-state index is 12.2. The summed E-state index contributed by atoms with van der Waals surface area (Å²) < 4.78 is 23.7. The molecule has 0 aliphatic heterocycles. The Morgan fingerprint density at radius 1 is 1.13 bits per heavy atom. The first kappa shape index (κ1) is 29.0. The molecule has 0 amide bonds. The second-order valence-corrected chi connectivity index (χ2v) is 10.3. The normalized spacial score (nSPS) is 13.8. The second-order valence-electron chi connectivity index (χ2n) is 7.93. The minimum atomic E-state index is -0.892. The van der Waals surface area contributed by atoms with Crippen LogP contribution in [0.5, 0.6) is 11.5 Å². The molecule has 0 fully saturated rings. The minimum Gasteiger partial charge on any atom is -0.490 e. The Balaban J connectivity index is 0.00000841. The largest absolute Gasteiger partial charge is 0.490 e. The summed E-state index contributed by atoms with van der Waals surface area (Å²) in [5, 5.41) is 6.64. The van der Waals surface area contributed by atoms with E-state index in [1.54, 1.807) is 7.05 Å². The molecule has 1 rings (SSSR count). The van der Waals surface area contributed by atoms with Crippen molar-refractivity contribution in [3.63, 3.8) is 0 Å². The number of hydrogen-bond donors (Lipinski definition) is 2. The Labute approximate surface area is 202 Å². The topological polar surface area (TPSA) is 72.0 Å². The minimum absolute atomic E-state index is 0. The van der Waals surface area contributed by atoms with Crippen LogP contribution in [0, 0.1) is 0 Å². The first-order valence-corrected chi connectivity index (χ1v) is 11.8. The molecule has 8 heteroatoms. The van der Waals surface area contributed by atoms with Crippen LogP contribution in [0.4, 0.5) is 0 Å². The van der Waals surface area contributed by atoms with E-state index < -0.39 is 10.8 Å². The van der Waals surface area contributed by atoms with Gasteiger partial charge in [0.15, 0.2) is 17.5 Å². The van der Waals surface area contributed by atoms with Crippen molar-refractivity contribution in [2.45, 2.75) is 65.2 Å². The molecule has 0 saturated carbocycles. The smallest absolute Gasteiger partial charge is 0.191 e. The van der Waals surface area contributed by atoms with E-state index >= 15 is 0 Å². The third kappa shape index (κ3) is 10.3. The molecular formula is C22H40IN3O3S. The number of benzene rings is 1. The molecule has 0 aromatic heterocycles. The SMILES string of the molecule is CCCOc1ccc(C(C)NC(=NC)NCCS(=O)C(C)(C)C)cc1OCCC.I. The summed E-state index contributed by atoms with van der Waals surface area (Å²) in [6.45, 7) is 14.1. The zero-order chi connectivity index (χ0) is 21.9. The standard InChI is InChI=1S/C22H39N3O3S.HI/c1-8-13-27-19-11-10-18(16-20(19)28-14-9-2)17(3)25-21(23-7)24-12-15-29(26)22(4,5)6;/h10-11,16-17H,8-9,12-15H2,1-7H3,(H2,23,24,25);1H. The summed E-state index contributed by atoms with van der Waals surface area (Å²) in [5.74, 6) is 2.82. The summed E-state index contributed by atoms with van der Waals surface area (Å²) in [5.41, 5.74) is 1.08. The number of nitrogens with one attached hydrogen (secondary N) is 2. The van der Waals surface area contributed by atoms with Gasteiger partial charge in [0.05, 0.1) is 19.3 Å². The zero-order valence-electron chi connectivity index (χ0n) is 19.5. The lowest BCUT2D eigenvalue weighted by molar-refractivity contribution is 0.268. The van der Waals surface area contributed by atoms with Crippen LogP contribution in [-0.4, -0.2) is 47.5 Å². The van der Waals surface area contributed by atoms with Gasteiger partial charge in [-0.2, -0.15) is 0 Å². The van der Waals surface area contributed by atoms with Crippen molar-refractivity contribution >= 4 is 40.7 Å². The Morgan fingerprint density at radius 2 is 1.73 bits per heavy atom. The molecule has 0 heterocycles. The van der Waals surface area contributed by atoms with Gasteiger partial charge < -0.3 is 20.1 Å². The monoisotopic (exact) mass is 553 g/mol. The molecule has 1 aromatic carbocycles. The van der Waals surface area contributed by atoms with Gasteiger partial charge >= 0.3 is 0 Å². The lowest BCUT2D eigenvalue weighted by Crippen LogP contribution is -2.41. The second kappa shape index (κ2) is 14.9. The van der Waals surface area contributed by atoms with Gasteiger partial charge in [-0.05, 0) is 58.2 Å². The highest BCUT2D eigenvalue weighted by atomic mass is 127. The molecule has 1 aromatic rings. The number of rotatable bonds is 11. The molecule has 2 unspecified atom stereocenters. The van der Waals surface area contributed by atoms with Crippen molar-refractivity contribution < 1.29 is 13.7 Å². The maximum atomic E-state index is 12.2. The van der Waals surface area contributed by atoms with Crippen LogP contribution < -0.4 is 20.1 Å². The van der Waals surface area contributed by atoms with Crippen LogP contribution in [0.25, 0.3) is 0 Å². The summed E-state index contributed by atoms with van der Waals surface area (Å²) in [7, 11) is 0.844. The van der Waals surface area contributed by atoms with Crippen LogP contribution >= 0.6 is 24.0 Å². The van der Waals surface area contributed by atoms with Crippen molar-refractivity contribution in [1.82, 2.24) is 10.6 Å². The first-order valence-electron chi connectivity index (χ1n) is 10.5. The highest BCUT2D eigenvalue weighted by Crippen LogP contribution is 2.31. The molecule has 0 spiro atoms. The molecule has 0 bridgehead atoms. The van der Waals surface area contributed by atoms with E-state index in [4.69, 9.17) is 9.47 Å². The Hall–Kier alpha value is -1.03. The zero-order valence-corrected chi connectivity index (χ0v) is 22.7. The number of hydrogen-bond acceptors (Lipinski definition) is 4. The Kier molecular flexibility index (Phi) is 14.4. The van der Waals surface area contributed by atoms with Gasteiger partial charge in [0.1, 0.15) is 0 Å². The summed E-state index contributed by atoms with van der Waals surface area (Å²) in [6, 6.07) is 6.07. The fourth-order valence-electron chi connectivity index (χ4n) is 2.50. The molecule has 0 aliphatic carbocycles. The highest BCUT2D eigenvalue weighted by molar-refractivity contribution is 14.0. The number of nitrogens with zero attached hydrogens (tertiary/aromatic N) is 1. The van der Waals surface area contributed by atoms with Crippen LogP contribution in [0.1, 0.15) is 66.0 Å². The van der Waals surface area contributed by atoms with E-state index in [-0.39, 0.29) is 34.8 Å². The fraction of sp³-hybridized carbons (Fsp3) is 0.682. The maximum Gasteiger partial charge on any atom is 0.191 e. The highest BCUT2D eigenvalue weighted by Gasteiger charge is 2.19. The molecule has 0 saturated heterocycles. The Bertz CT molecular complexity index is 678. The van der Waals surface area contributed by atoms with Gasteiger partial charge in [0.2, 0.25) is 0 Å². The van der Waals surface area contributed by atoms with Crippen LogP contribution in [0.2, 0.25) is 0 Å². The van der Waals surface area contributed by atoms with E-state index in [0.717, 1.165) is 29.9 Å². The predicted octanol–water partition coefficient (Wildman–Crippen LogP) is 4.66. The summed E-state index contributed by atoms with van der Waals surface area (Å²) in [4.78, 5) is 4.28. The quantitative estimate of drug-likeness (QED) is 0.237. The van der Waals surface area contributed by atoms with E-state index in [9.17, 15) is 4.21 Å². The van der Waals surface area contributed by atoms with Gasteiger partial charge in [0, 0.05) is 34.9 Å². The molecule has 6 nitrogen and oxygen atoms in total. The number of guanidine groups is 1. The number of aliphatic imine (C=N–C) groups is 1. The van der Waals surface area contributed by atoms with Gasteiger partial charge in [-0.3, -0.25) is 9.20 Å². The average molecular weight is 554 g/mol. The van der Waals surface area contributed by atoms with E-state index in [1.165, 1.54) is 0 Å². The molecule has 2 N–H and O–H groups in total. The summed E-state index contributed by atoms with van der Waals surface area (Å²) >= 11 is 0.